The molecule has 1 N–H and O–H groups in total. The van der Waals surface area contributed by atoms with E-state index in [-0.39, 0.29) is 6.10 Å². The van der Waals surface area contributed by atoms with Crippen molar-refractivity contribution in [1.29, 1.82) is 0 Å². The van der Waals surface area contributed by atoms with Crippen molar-refractivity contribution in [3.8, 4) is 0 Å². The van der Waals surface area contributed by atoms with Gasteiger partial charge in [-0.1, -0.05) is 12.1 Å². The van der Waals surface area contributed by atoms with Gasteiger partial charge in [0.15, 0.2) is 9.84 Å². The molecule has 1 aromatic carbocycles. The number of sulfone groups is 1. The van der Waals surface area contributed by atoms with E-state index in [4.69, 9.17) is 4.74 Å². The zero-order chi connectivity index (χ0) is 13.8. The first-order valence-corrected chi connectivity index (χ1v) is 7.49. The minimum Gasteiger partial charge on any atom is -0.375 e. The van der Waals surface area contributed by atoms with E-state index in [1.54, 1.807) is 45.2 Å². The highest BCUT2D eigenvalue weighted by Crippen LogP contribution is 2.21. The zero-order valence-corrected chi connectivity index (χ0v) is 12.1. The molecular formula is C13H21NO3S. The molecule has 102 valence electrons. The maximum absolute atomic E-state index is 12.0. The van der Waals surface area contributed by atoms with Crippen LogP contribution in [0.2, 0.25) is 0 Å². The number of methoxy groups -OCH3 is 1. The number of benzene rings is 1. The molecule has 1 unspecified atom stereocenters. The molecule has 0 saturated heterocycles. The second kappa shape index (κ2) is 6.31. The third kappa shape index (κ3) is 3.31. The highest BCUT2D eigenvalue weighted by molar-refractivity contribution is 7.92. The van der Waals surface area contributed by atoms with Crippen LogP contribution in [-0.4, -0.2) is 34.4 Å². The molecule has 0 aliphatic rings. The number of rotatable bonds is 6. The summed E-state index contributed by atoms with van der Waals surface area (Å²) < 4.78 is 29.3. The first-order chi connectivity index (χ1) is 8.43. The van der Waals surface area contributed by atoms with Crippen LogP contribution < -0.4 is 5.32 Å². The second-order valence-corrected chi connectivity index (χ2v) is 6.95. The third-order valence-corrected chi connectivity index (χ3v) is 5.05. The fourth-order valence-electron chi connectivity index (χ4n) is 1.67. The molecule has 0 aliphatic heterocycles. The summed E-state index contributed by atoms with van der Waals surface area (Å²) in [5.74, 6) is 0. The summed E-state index contributed by atoms with van der Waals surface area (Å²) in [6.07, 6.45) is -0.0641. The van der Waals surface area contributed by atoms with Gasteiger partial charge in [-0.15, -0.1) is 0 Å². The second-order valence-electron chi connectivity index (χ2n) is 4.44. The summed E-state index contributed by atoms with van der Waals surface area (Å²) in [6, 6.07) is 6.90. The molecule has 0 radical (unpaired) electrons. The van der Waals surface area contributed by atoms with E-state index in [9.17, 15) is 8.42 Å². The highest BCUT2D eigenvalue weighted by atomic mass is 32.2. The van der Waals surface area contributed by atoms with Crippen molar-refractivity contribution >= 4 is 9.84 Å². The van der Waals surface area contributed by atoms with Crippen LogP contribution in [0, 0.1) is 0 Å². The van der Waals surface area contributed by atoms with E-state index in [1.807, 2.05) is 7.05 Å². The van der Waals surface area contributed by atoms with Gasteiger partial charge in [-0.05, 0) is 38.6 Å². The Hall–Kier alpha value is -0.910. The summed E-state index contributed by atoms with van der Waals surface area (Å²) in [5.41, 5.74) is 0.967. The maximum Gasteiger partial charge on any atom is 0.180 e. The van der Waals surface area contributed by atoms with Gasteiger partial charge in [0.05, 0.1) is 16.2 Å². The standard InChI is InChI=1S/C13H21NO3S/c1-10(2)18(15,16)12-7-5-11(6-8-12)13(17-4)9-14-3/h5-8,10,13-14H,9H2,1-4H3. The molecule has 4 nitrogen and oxygen atoms in total. The Morgan fingerprint density at radius 1 is 1.22 bits per heavy atom. The minimum atomic E-state index is -3.19. The molecule has 0 saturated carbocycles. The molecule has 1 atom stereocenters. The van der Waals surface area contributed by atoms with Crippen molar-refractivity contribution in [2.24, 2.45) is 0 Å². The van der Waals surface area contributed by atoms with E-state index < -0.39 is 15.1 Å². The molecule has 0 aliphatic carbocycles. The van der Waals surface area contributed by atoms with Crippen LogP contribution in [0.4, 0.5) is 0 Å². The van der Waals surface area contributed by atoms with Gasteiger partial charge in [0.25, 0.3) is 0 Å². The summed E-state index contributed by atoms with van der Waals surface area (Å²) in [7, 11) is 0.296. The van der Waals surface area contributed by atoms with E-state index in [1.165, 1.54) is 0 Å². The normalized spacial score (nSPS) is 13.8. The summed E-state index contributed by atoms with van der Waals surface area (Å²) in [4.78, 5) is 0.362. The van der Waals surface area contributed by atoms with Crippen LogP contribution in [0.1, 0.15) is 25.5 Å². The molecular weight excluding hydrogens is 250 g/mol. The van der Waals surface area contributed by atoms with Crippen LogP contribution in [0.25, 0.3) is 0 Å². The topological polar surface area (TPSA) is 55.4 Å². The van der Waals surface area contributed by atoms with Gasteiger partial charge in [0.2, 0.25) is 0 Å². The SMILES string of the molecule is CNCC(OC)c1ccc(S(=O)(=O)C(C)C)cc1. The molecule has 0 heterocycles. The Bertz CT molecular complexity index is 466. The van der Waals surface area contributed by atoms with Crippen molar-refractivity contribution in [2.75, 3.05) is 20.7 Å². The van der Waals surface area contributed by atoms with Crippen LogP contribution in [0.15, 0.2) is 29.2 Å². The predicted octanol–water partition coefficient (Wildman–Crippen LogP) is 1.78. The number of likely N-dealkylation sites (N-methyl/N-ethyl adjacent to an activating group) is 1. The van der Waals surface area contributed by atoms with Gasteiger partial charge < -0.3 is 10.1 Å². The Kier molecular flexibility index (Phi) is 5.31. The van der Waals surface area contributed by atoms with E-state index in [0.717, 1.165) is 5.56 Å². The molecule has 5 heteroatoms. The molecule has 0 spiro atoms. The lowest BCUT2D eigenvalue weighted by Crippen LogP contribution is -2.19. The van der Waals surface area contributed by atoms with Crippen molar-refractivity contribution in [3.63, 3.8) is 0 Å². The minimum absolute atomic E-state index is 0.0641. The number of hydrogen-bond acceptors (Lipinski definition) is 4. The van der Waals surface area contributed by atoms with Crippen molar-refractivity contribution in [3.05, 3.63) is 29.8 Å². The van der Waals surface area contributed by atoms with Gasteiger partial charge in [0, 0.05) is 13.7 Å². The lowest BCUT2D eigenvalue weighted by molar-refractivity contribution is 0.104. The quantitative estimate of drug-likeness (QED) is 0.857. The average molecular weight is 271 g/mol. The van der Waals surface area contributed by atoms with Crippen LogP contribution in [0.5, 0.6) is 0 Å². The van der Waals surface area contributed by atoms with Crippen LogP contribution in [0.3, 0.4) is 0 Å². The first-order valence-electron chi connectivity index (χ1n) is 5.94. The summed E-state index contributed by atoms with van der Waals surface area (Å²) >= 11 is 0. The summed E-state index contributed by atoms with van der Waals surface area (Å²) in [6.45, 7) is 4.05. The van der Waals surface area contributed by atoms with Crippen molar-refractivity contribution in [1.82, 2.24) is 5.32 Å². The zero-order valence-electron chi connectivity index (χ0n) is 11.3. The van der Waals surface area contributed by atoms with Crippen molar-refractivity contribution in [2.45, 2.75) is 30.1 Å². The number of ether oxygens (including phenoxy) is 1. The van der Waals surface area contributed by atoms with E-state index >= 15 is 0 Å². The monoisotopic (exact) mass is 271 g/mol. The molecule has 1 aromatic rings. The lowest BCUT2D eigenvalue weighted by atomic mass is 10.1. The Balaban J connectivity index is 2.99. The first kappa shape index (κ1) is 15.1. The molecule has 18 heavy (non-hydrogen) atoms. The van der Waals surface area contributed by atoms with Gasteiger partial charge in [-0.3, -0.25) is 0 Å². The van der Waals surface area contributed by atoms with E-state index in [0.29, 0.717) is 11.4 Å². The highest BCUT2D eigenvalue weighted by Gasteiger charge is 2.19. The smallest absolute Gasteiger partial charge is 0.180 e. The van der Waals surface area contributed by atoms with Gasteiger partial charge in [-0.2, -0.15) is 0 Å². The number of nitrogens with one attached hydrogen (secondary N) is 1. The molecule has 0 bridgehead atoms. The van der Waals surface area contributed by atoms with Gasteiger partial charge in [-0.25, -0.2) is 8.42 Å². The molecule has 1 rings (SSSR count). The largest absolute Gasteiger partial charge is 0.375 e. The van der Waals surface area contributed by atoms with E-state index in [2.05, 4.69) is 5.32 Å². The number of hydrogen-bond donors (Lipinski definition) is 1. The van der Waals surface area contributed by atoms with Crippen LogP contribution in [-0.2, 0) is 14.6 Å². The average Bonchev–Trinajstić information content (AvgIpc) is 2.36. The maximum atomic E-state index is 12.0. The van der Waals surface area contributed by atoms with Gasteiger partial charge in [0.1, 0.15) is 0 Å². The van der Waals surface area contributed by atoms with Crippen molar-refractivity contribution < 1.29 is 13.2 Å². The lowest BCUT2D eigenvalue weighted by Gasteiger charge is -2.16. The Morgan fingerprint density at radius 2 is 1.78 bits per heavy atom. The fraction of sp³-hybridized carbons (Fsp3) is 0.538. The molecule has 0 aromatic heterocycles. The third-order valence-electron chi connectivity index (χ3n) is 2.88. The molecule has 0 amide bonds. The predicted molar refractivity (Wildman–Crippen MR) is 72.4 cm³/mol. The Labute approximate surface area is 109 Å². The fourth-order valence-corrected chi connectivity index (χ4v) is 2.73. The summed E-state index contributed by atoms with van der Waals surface area (Å²) in [5, 5.41) is 2.63. The Morgan fingerprint density at radius 3 is 2.17 bits per heavy atom. The van der Waals surface area contributed by atoms with Gasteiger partial charge >= 0.3 is 0 Å². The van der Waals surface area contributed by atoms with Crippen LogP contribution >= 0.6 is 0 Å². The molecule has 0 fully saturated rings.